The summed E-state index contributed by atoms with van der Waals surface area (Å²) in [6, 6.07) is 0. The number of nitrogens with two attached hydrogens (primary N) is 1. The zero-order valence-electron chi connectivity index (χ0n) is 13.3. The van der Waals surface area contributed by atoms with E-state index in [0.717, 1.165) is 0 Å². The van der Waals surface area contributed by atoms with Crippen molar-refractivity contribution in [1.29, 1.82) is 0 Å². The van der Waals surface area contributed by atoms with Crippen LogP contribution in [0.5, 0.6) is 0 Å². The van der Waals surface area contributed by atoms with Gasteiger partial charge in [-0.15, -0.1) is 0 Å². The molecule has 4 aliphatic rings. The van der Waals surface area contributed by atoms with Gasteiger partial charge in [-0.3, -0.25) is 9.59 Å². The summed E-state index contributed by atoms with van der Waals surface area (Å²) < 4.78 is 92.3. The molecule has 0 amide bonds. The van der Waals surface area contributed by atoms with Crippen LogP contribution in [0.3, 0.4) is 0 Å². The molecule has 0 saturated heterocycles. The van der Waals surface area contributed by atoms with Gasteiger partial charge in [0.15, 0.2) is 0 Å². The SMILES string of the molecule is NS(=O)(=O)C(F)(F)C(OC(=O)C12CC3CC(C1)C(=O)C(C3)C2)C(F)(F)F. The van der Waals surface area contributed by atoms with Crippen LogP contribution in [0.2, 0.25) is 0 Å². The second-order valence-corrected chi connectivity index (χ2v) is 9.09. The molecule has 6 nitrogen and oxygen atoms in total. The normalized spacial score (nSPS) is 35.5. The fourth-order valence-electron chi connectivity index (χ4n) is 4.70. The Morgan fingerprint density at radius 1 is 1.12 bits per heavy atom. The number of hydrogen-bond donors (Lipinski definition) is 1. The Hall–Kier alpha value is -1.30. The maximum absolute atomic E-state index is 13.7. The molecule has 4 saturated carbocycles. The molecule has 0 aliphatic heterocycles. The first-order valence-electron chi connectivity index (χ1n) is 7.89. The highest BCUT2D eigenvalue weighted by Gasteiger charge is 2.67. The van der Waals surface area contributed by atoms with Crippen molar-refractivity contribution in [3.05, 3.63) is 0 Å². The highest BCUT2D eigenvalue weighted by molar-refractivity contribution is 7.90. The molecule has 3 unspecified atom stereocenters. The average Bonchev–Trinajstić information content (AvgIpc) is 2.46. The monoisotopic (exact) mass is 405 g/mol. The molecular weight excluding hydrogens is 389 g/mol. The van der Waals surface area contributed by atoms with Crippen molar-refractivity contribution in [2.24, 2.45) is 28.3 Å². The molecule has 148 valence electrons. The first-order chi connectivity index (χ1) is 11.7. The van der Waals surface area contributed by atoms with E-state index in [1.807, 2.05) is 0 Å². The van der Waals surface area contributed by atoms with Crippen LogP contribution in [-0.4, -0.2) is 37.7 Å². The van der Waals surface area contributed by atoms with Gasteiger partial charge in [-0.25, -0.2) is 13.6 Å². The van der Waals surface area contributed by atoms with Crippen molar-refractivity contribution >= 4 is 21.8 Å². The predicted molar refractivity (Wildman–Crippen MR) is 75.0 cm³/mol. The summed E-state index contributed by atoms with van der Waals surface area (Å²) in [7, 11) is -5.98. The molecule has 0 aromatic heterocycles. The quantitative estimate of drug-likeness (QED) is 0.567. The van der Waals surface area contributed by atoms with Crippen molar-refractivity contribution < 1.29 is 44.7 Å². The first kappa shape index (κ1) is 19.5. The van der Waals surface area contributed by atoms with Crippen LogP contribution in [-0.2, 0) is 24.3 Å². The van der Waals surface area contributed by atoms with Gasteiger partial charge in [0.2, 0.25) is 0 Å². The number of sulfonamides is 1. The molecule has 4 bridgehead atoms. The number of carbonyl (C=O) groups excluding carboxylic acids is 2. The fraction of sp³-hybridized carbons (Fsp3) is 0.857. The summed E-state index contributed by atoms with van der Waals surface area (Å²) in [5.41, 5.74) is -1.47. The standard InChI is InChI=1S/C14H16F5NO5S/c15-13(16,17)10(14(18,19)26(20,23)24)25-11(22)12-3-6-1-7(4-12)9(21)8(2-6)5-12/h6-8,10H,1-5H2,(H2,20,23,24). The maximum atomic E-state index is 13.7. The minimum absolute atomic E-state index is 0.0633. The number of hydrogen-bond acceptors (Lipinski definition) is 5. The zero-order valence-corrected chi connectivity index (χ0v) is 14.1. The smallest absolute Gasteiger partial charge is 0.432 e. The lowest BCUT2D eigenvalue weighted by Gasteiger charge is -2.54. The van der Waals surface area contributed by atoms with Crippen molar-refractivity contribution in [2.75, 3.05) is 0 Å². The molecule has 0 heterocycles. The number of alkyl halides is 5. The second kappa shape index (κ2) is 5.60. The Kier molecular flexibility index (Phi) is 4.19. The largest absolute Gasteiger partial charge is 0.444 e. The topological polar surface area (TPSA) is 104 Å². The van der Waals surface area contributed by atoms with Gasteiger partial charge in [-0.1, -0.05) is 0 Å². The Balaban J connectivity index is 1.89. The van der Waals surface area contributed by atoms with E-state index < -0.39 is 50.8 Å². The van der Waals surface area contributed by atoms with Gasteiger partial charge in [0.25, 0.3) is 16.1 Å². The van der Waals surface area contributed by atoms with Gasteiger partial charge < -0.3 is 4.74 Å². The lowest BCUT2D eigenvalue weighted by atomic mass is 9.49. The summed E-state index contributed by atoms with van der Waals surface area (Å²) in [4.78, 5) is 24.5. The van der Waals surface area contributed by atoms with Crippen LogP contribution >= 0.6 is 0 Å². The molecule has 0 spiro atoms. The average molecular weight is 405 g/mol. The van der Waals surface area contributed by atoms with Gasteiger partial charge in [0, 0.05) is 11.8 Å². The van der Waals surface area contributed by atoms with Crippen LogP contribution < -0.4 is 5.14 Å². The first-order valence-corrected chi connectivity index (χ1v) is 9.44. The number of rotatable bonds is 4. The summed E-state index contributed by atoms with van der Waals surface area (Å²) >= 11 is 0. The molecule has 2 N–H and O–H groups in total. The number of halogens is 5. The van der Waals surface area contributed by atoms with E-state index in [4.69, 9.17) is 0 Å². The fourth-order valence-corrected chi connectivity index (χ4v) is 5.18. The number of ketones is 1. The third kappa shape index (κ3) is 2.90. The lowest BCUT2D eigenvalue weighted by Crippen LogP contribution is -2.59. The van der Waals surface area contributed by atoms with Crippen LogP contribution in [0.4, 0.5) is 22.0 Å². The van der Waals surface area contributed by atoms with Gasteiger partial charge in [0.05, 0.1) is 5.41 Å². The van der Waals surface area contributed by atoms with Gasteiger partial charge >= 0.3 is 17.4 Å². The van der Waals surface area contributed by atoms with Crippen LogP contribution in [0.25, 0.3) is 0 Å². The number of esters is 1. The van der Waals surface area contributed by atoms with Crippen molar-refractivity contribution in [3.63, 3.8) is 0 Å². The van der Waals surface area contributed by atoms with Gasteiger partial charge in [-0.05, 0) is 38.0 Å². The zero-order chi connectivity index (χ0) is 19.7. The Bertz CT molecular complexity index is 731. The predicted octanol–water partition coefficient (Wildman–Crippen LogP) is 1.74. The molecule has 0 aromatic carbocycles. The summed E-state index contributed by atoms with van der Waals surface area (Å²) in [6.07, 6.45) is -9.02. The minimum Gasteiger partial charge on any atom is -0.444 e. The van der Waals surface area contributed by atoms with Crippen molar-refractivity contribution in [1.82, 2.24) is 0 Å². The summed E-state index contributed by atoms with van der Waals surface area (Å²) in [5, 5.41) is -1.33. The Morgan fingerprint density at radius 2 is 1.62 bits per heavy atom. The molecule has 4 fully saturated rings. The van der Waals surface area contributed by atoms with E-state index in [1.54, 1.807) is 0 Å². The minimum atomic E-state index is -5.98. The third-order valence-corrected chi connectivity index (χ3v) is 6.61. The molecular formula is C14H16F5NO5S. The summed E-state index contributed by atoms with van der Waals surface area (Å²) in [6.45, 7) is 0. The highest BCUT2D eigenvalue weighted by Crippen LogP contribution is 2.59. The molecule has 26 heavy (non-hydrogen) atoms. The second-order valence-electron chi connectivity index (χ2n) is 7.46. The van der Waals surface area contributed by atoms with Crippen molar-refractivity contribution in [2.45, 2.75) is 49.6 Å². The van der Waals surface area contributed by atoms with Gasteiger partial charge in [-0.2, -0.15) is 22.0 Å². The number of Topliss-reactive ketones (excluding diaryl/α,β-unsaturated/α-hetero) is 1. The molecule has 4 rings (SSSR count). The lowest BCUT2D eigenvalue weighted by molar-refractivity contribution is -0.264. The van der Waals surface area contributed by atoms with E-state index in [1.165, 1.54) is 0 Å². The van der Waals surface area contributed by atoms with E-state index in [2.05, 4.69) is 9.88 Å². The van der Waals surface area contributed by atoms with Crippen molar-refractivity contribution in [3.8, 4) is 0 Å². The van der Waals surface area contributed by atoms with E-state index in [0.29, 0.717) is 12.8 Å². The van der Waals surface area contributed by atoms with Crippen LogP contribution in [0, 0.1) is 23.2 Å². The van der Waals surface area contributed by atoms with Gasteiger partial charge in [0.1, 0.15) is 5.78 Å². The van der Waals surface area contributed by atoms with E-state index in [9.17, 15) is 40.0 Å². The number of primary sulfonamides is 1. The summed E-state index contributed by atoms with van der Waals surface area (Å²) in [5.74, 6) is -2.68. The van der Waals surface area contributed by atoms with Crippen LogP contribution in [0.15, 0.2) is 0 Å². The molecule has 12 heteroatoms. The van der Waals surface area contributed by atoms with E-state index in [-0.39, 0.29) is 31.0 Å². The molecule has 0 aromatic rings. The molecule has 4 aliphatic carbocycles. The number of ether oxygens (including phenoxy) is 1. The molecule has 0 radical (unpaired) electrons. The molecule has 3 atom stereocenters. The maximum Gasteiger partial charge on any atom is 0.432 e. The highest BCUT2D eigenvalue weighted by atomic mass is 32.2. The Morgan fingerprint density at radius 3 is 2.04 bits per heavy atom. The number of carbonyl (C=O) groups is 2. The third-order valence-electron chi connectivity index (χ3n) is 5.63. The Labute approximate surface area is 145 Å². The van der Waals surface area contributed by atoms with E-state index >= 15 is 0 Å². The van der Waals surface area contributed by atoms with Crippen LogP contribution in [0.1, 0.15) is 32.1 Å².